The van der Waals surface area contributed by atoms with Gasteiger partial charge in [-0.1, -0.05) is 43.7 Å². The molecule has 1 unspecified atom stereocenters. The minimum absolute atomic E-state index is 0.0175. The molecule has 0 saturated carbocycles. The summed E-state index contributed by atoms with van der Waals surface area (Å²) in [4.78, 5) is 37.0. The Morgan fingerprint density at radius 1 is 1.11 bits per heavy atom. The van der Waals surface area contributed by atoms with E-state index in [-0.39, 0.29) is 5.78 Å². The quantitative estimate of drug-likeness (QED) is 0.528. The highest BCUT2D eigenvalue weighted by molar-refractivity contribution is 6.03. The molecule has 0 radical (unpaired) electrons. The topological polar surface area (TPSA) is 90.9 Å². The van der Waals surface area contributed by atoms with Crippen LogP contribution >= 0.6 is 0 Å². The highest BCUT2D eigenvalue weighted by Gasteiger charge is 2.46. The number of hydrogen-bond donors (Lipinski definition) is 1. The number of carbonyl (C=O) groups is 3. The number of ether oxygens (including phenoxy) is 3. The third-order valence-corrected chi connectivity index (χ3v) is 6.02. The Hall–Kier alpha value is -4.13. The van der Waals surface area contributed by atoms with Crippen molar-refractivity contribution in [1.29, 1.82) is 0 Å². The summed E-state index contributed by atoms with van der Waals surface area (Å²) >= 11 is 0. The number of rotatable bonds is 8. The molecule has 1 saturated heterocycles. The maximum absolute atomic E-state index is 13.2. The lowest BCUT2D eigenvalue weighted by molar-refractivity contribution is -0.130. The first kappa shape index (κ1) is 24.0. The molecule has 1 fully saturated rings. The van der Waals surface area contributed by atoms with Gasteiger partial charge >= 0.3 is 6.09 Å². The van der Waals surface area contributed by atoms with Gasteiger partial charge in [-0.15, -0.1) is 0 Å². The second kappa shape index (κ2) is 10.0. The van der Waals surface area contributed by atoms with Crippen molar-refractivity contribution in [1.82, 2.24) is 5.32 Å². The number of ketones is 1. The highest BCUT2D eigenvalue weighted by atomic mass is 16.6. The van der Waals surface area contributed by atoms with Crippen molar-refractivity contribution in [2.24, 2.45) is 5.92 Å². The molecule has 2 atom stereocenters. The number of allylic oxidation sites excluding steroid dienone is 5. The summed E-state index contributed by atoms with van der Waals surface area (Å²) in [6, 6.07) is 13.9. The normalized spacial score (nSPS) is 21.4. The molecule has 2 amide bonds. The van der Waals surface area contributed by atoms with Gasteiger partial charge in [0.25, 0.3) is 5.91 Å². The van der Waals surface area contributed by atoms with E-state index in [4.69, 9.17) is 14.2 Å². The van der Waals surface area contributed by atoms with Crippen LogP contribution in [-0.2, 0) is 15.1 Å². The van der Waals surface area contributed by atoms with E-state index < -0.39 is 23.5 Å². The van der Waals surface area contributed by atoms with E-state index in [2.05, 4.69) is 12.2 Å². The van der Waals surface area contributed by atoms with Gasteiger partial charge in [0.15, 0.2) is 5.78 Å². The van der Waals surface area contributed by atoms with Crippen LogP contribution in [0, 0.1) is 5.92 Å². The Labute approximate surface area is 204 Å². The monoisotopic (exact) mass is 473 g/mol. The molecule has 180 valence electrons. The largest absolute Gasteiger partial charge is 0.497 e. The summed E-state index contributed by atoms with van der Waals surface area (Å²) in [7, 11) is 1.59. The maximum Gasteiger partial charge on any atom is 0.415 e. The van der Waals surface area contributed by atoms with Crippen molar-refractivity contribution in [2.45, 2.75) is 32.3 Å². The highest BCUT2D eigenvalue weighted by Crippen LogP contribution is 2.33. The van der Waals surface area contributed by atoms with Gasteiger partial charge < -0.3 is 14.2 Å². The summed E-state index contributed by atoms with van der Waals surface area (Å²) in [5.41, 5.74) is 0.580. The third kappa shape index (κ3) is 5.04. The Morgan fingerprint density at radius 2 is 1.89 bits per heavy atom. The van der Waals surface area contributed by atoms with E-state index >= 15 is 0 Å². The molecular formula is C28H27NO6. The predicted molar refractivity (Wildman–Crippen MR) is 130 cm³/mol. The molecule has 1 heterocycles. The number of amides is 2. The lowest BCUT2D eigenvalue weighted by atomic mass is 9.94. The van der Waals surface area contributed by atoms with E-state index in [0.717, 1.165) is 18.4 Å². The van der Waals surface area contributed by atoms with E-state index in [0.29, 0.717) is 28.4 Å². The van der Waals surface area contributed by atoms with Crippen LogP contribution in [0.2, 0.25) is 0 Å². The van der Waals surface area contributed by atoms with Gasteiger partial charge in [-0.3, -0.25) is 14.9 Å². The summed E-state index contributed by atoms with van der Waals surface area (Å²) in [5.74, 6) is 0.816. The van der Waals surface area contributed by atoms with Crippen LogP contribution in [0.4, 0.5) is 4.79 Å². The van der Waals surface area contributed by atoms with Gasteiger partial charge in [0.05, 0.1) is 13.0 Å². The van der Waals surface area contributed by atoms with Crippen LogP contribution in [0.25, 0.3) is 0 Å². The molecule has 2 aromatic carbocycles. The average molecular weight is 474 g/mol. The first-order valence-electron chi connectivity index (χ1n) is 11.4. The van der Waals surface area contributed by atoms with Gasteiger partial charge in [-0.25, -0.2) is 4.79 Å². The Bertz CT molecular complexity index is 1240. The predicted octanol–water partition coefficient (Wildman–Crippen LogP) is 5.23. The first-order valence-corrected chi connectivity index (χ1v) is 11.4. The lowest BCUT2D eigenvalue weighted by Crippen LogP contribution is -2.33. The molecule has 0 spiro atoms. The van der Waals surface area contributed by atoms with Crippen molar-refractivity contribution in [3.8, 4) is 11.5 Å². The second-order valence-corrected chi connectivity index (χ2v) is 8.48. The van der Waals surface area contributed by atoms with E-state index in [9.17, 15) is 14.4 Å². The molecule has 7 nitrogen and oxygen atoms in total. The van der Waals surface area contributed by atoms with Crippen molar-refractivity contribution < 1.29 is 28.6 Å². The van der Waals surface area contributed by atoms with Crippen molar-refractivity contribution in [3.63, 3.8) is 0 Å². The molecule has 1 aliphatic heterocycles. The molecule has 35 heavy (non-hydrogen) atoms. The number of hydrogen-bond acceptors (Lipinski definition) is 6. The Balaban J connectivity index is 1.58. The molecule has 0 aromatic heterocycles. The summed E-state index contributed by atoms with van der Waals surface area (Å²) in [6.07, 6.45) is 8.24. The van der Waals surface area contributed by atoms with Gasteiger partial charge in [0.2, 0.25) is 5.60 Å². The fourth-order valence-corrected chi connectivity index (χ4v) is 4.05. The summed E-state index contributed by atoms with van der Waals surface area (Å²) in [6.45, 7) is 3.60. The Morgan fingerprint density at radius 3 is 2.54 bits per heavy atom. The zero-order valence-electron chi connectivity index (χ0n) is 19.9. The van der Waals surface area contributed by atoms with Gasteiger partial charge in [0.1, 0.15) is 17.3 Å². The van der Waals surface area contributed by atoms with E-state index in [1.165, 1.54) is 6.92 Å². The zero-order valence-corrected chi connectivity index (χ0v) is 19.9. The molecule has 7 heteroatoms. The first-order chi connectivity index (χ1) is 16.8. The molecule has 1 N–H and O–H groups in total. The van der Waals surface area contributed by atoms with Crippen LogP contribution in [0.15, 0.2) is 84.2 Å². The smallest absolute Gasteiger partial charge is 0.415 e. The second-order valence-electron chi connectivity index (χ2n) is 8.48. The molecule has 4 rings (SSSR count). The fourth-order valence-electron chi connectivity index (χ4n) is 4.05. The van der Waals surface area contributed by atoms with E-state index in [1.807, 2.05) is 24.3 Å². The fraction of sp³-hybridized carbons (Fsp3) is 0.250. The maximum atomic E-state index is 13.2. The number of Topliss-reactive ketones (excluding diaryl/α,β-unsaturated/α-hetero) is 1. The average Bonchev–Trinajstić information content (AvgIpc) is 3.00. The number of imide groups is 1. The number of benzene rings is 2. The van der Waals surface area contributed by atoms with E-state index in [1.54, 1.807) is 55.6 Å². The molecule has 2 aliphatic rings. The van der Waals surface area contributed by atoms with Gasteiger partial charge in [-0.2, -0.15) is 0 Å². The van der Waals surface area contributed by atoms with Crippen LogP contribution in [0.3, 0.4) is 0 Å². The number of alkyl carbamates (subject to hydrolysis) is 1. The lowest BCUT2D eigenvalue weighted by Gasteiger charge is -2.21. The van der Waals surface area contributed by atoms with Crippen LogP contribution in [0.1, 0.15) is 42.6 Å². The van der Waals surface area contributed by atoms with Gasteiger partial charge in [-0.05, 0) is 61.4 Å². The number of carbonyl (C=O) groups excluding carboxylic acids is 3. The van der Waals surface area contributed by atoms with Crippen molar-refractivity contribution in [3.05, 3.63) is 95.3 Å². The van der Waals surface area contributed by atoms with Crippen molar-refractivity contribution >= 4 is 17.8 Å². The minimum Gasteiger partial charge on any atom is -0.497 e. The van der Waals surface area contributed by atoms with Crippen LogP contribution < -0.4 is 14.8 Å². The van der Waals surface area contributed by atoms with Gasteiger partial charge in [0, 0.05) is 11.1 Å². The SMILES string of the molecule is CCCC1=CC(C(=O)c2ccc(OC)cc2)C=CC=C1Oc1cccc([C@@]2(C)OC(=O)NC2=O)c1. The molecular weight excluding hydrogens is 446 g/mol. The Kier molecular flexibility index (Phi) is 6.87. The number of cyclic esters (lactones) is 1. The molecule has 1 aliphatic carbocycles. The molecule has 2 aromatic rings. The molecule has 0 bridgehead atoms. The summed E-state index contributed by atoms with van der Waals surface area (Å²) in [5, 5.41) is 2.16. The summed E-state index contributed by atoms with van der Waals surface area (Å²) < 4.78 is 16.6. The third-order valence-electron chi connectivity index (χ3n) is 6.02. The minimum atomic E-state index is -1.42. The number of methoxy groups -OCH3 is 1. The zero-order chi connectivity index (χ0) is 25.0. The van der Waals surface area contributed by atoms with Crippen LogP contribution in [0.5, 0.6) is 11.5 Å². The van der Waals surface area contributed by atoms with Crippen LogP contribution in [-0.4, -0.2) is 24.9 Å². The van der Waals surface area contributed by atoms with Crippen molar-refractivity contribution in [2.75, 3.05) is 7.11 Å². The standard InChI is InChI=1S/C28H27NO6/c1-4-7-19-16-20(25(30)18-12-14-22(33-3)15-13-18)8-5-11-24(19)34-23-10-6-9-21(17-23)28(2)26(31)29-27(32)35-28/h5-6,8-17,20H,4,7H2,1-3H3,(H,29,31,32)/t20?,28-/m1/s1. The number of nitrogens with one attached hydrogen (secondary N) is 1.